The fourth-order valence-corrected chi connectivity index (χ4v) is 3.00. The highest BCUT2D eigenvalue weighted by molar-refractivity contribution is 5.83. The predicted molar refractivity (Wildman–Crippen MR) is 79.5 cm³/mol. The molecule has 0 bridgehead atoms. The van der Waals surface area contributed by atoms with Crippen LogP contribution in [-0.2, 0) is 0 Å². The van der Waals surface area contributed by atoms with E-state index < -0.39 is 0 Å². The standard InChI is InChI=1S/C16H20N2O/c1-15(2)14(16(15,3)4)18-12-9-10-7-5-6-8-11(10)13(19)17-12/h5-9,14H,1-4H3,(H2,17,18,19). The summed E-state index contributed by atoms with van der Waals surface area (Å²) in [6.07, 6.45) is 0. The lowest BCUT2D eigenvalue weighted by molar-refractivity contribution is 0.457. The molecule has 0 saturated heterocycles. The molecule has 1 aromatic carbocycles. The first-order chi connectivity index (χ1) is 8.84. The van der Waals surface area contributed by atoms with Gasteiger partial charge in [0.1, 0.15) is 5.82 Å². The van der Waals surface area contributed by atoms with Crippen LogP contribution in [0, 0.1) is 10.8 Å². The van der Waals surface area contributed by atoms with Gasteiger partial charge in [-0.15, -0.1) is 0 Å². The van der Waals surface area contributed by atoms with E-state index in [0.717, 1.165) is 16.6 Å². The molecule has 2 N–H and O–H groups in total. The van der Waals surface area contributed by atoms with Gasteiger partial charge in [-0.2, -0.15) is 0 Å². The van der Waals surface area contributed by atoms with Gasteiger partial charge in [-0.25, -0.2) is 0 Å². The molecule has 1 saturated carbocycles. The molecule has 3 rings (SSSR count). The van der Waals surface area contributed by atoms with Crippen molar-refractivity contribution in [2.24, 2.45) is 10.8 Å². The highest BCUT2D eigenvalue weighted by atomic mass is 16.1. The average Bonchev–Trinajstić information content (AvgIpc) is 2.72. The van der Waals surface area contributed by atoms with Gasteiger partial charge in [0.2, 0.25) is 0 Å². The zero-order valence-corrected chi connectivity index (χ0v) is 11.9. The molecule has 1 fully saturated rings. The van der Waals surface area contributed by atoms with E-state index in [0.29, 0.717) is 6.04 Å². The van der Waals surface area contributed by atoms with Crippen molar-refractivity contribution in [3.8, 4) is 0 Å². The number of aromatic amines is 1. The van der Waals surface area contributed by atoms with Crippen LogP contribution in [0.1, 0.15) is 27.7 Å². The molecule has 1 aromatic heterocycles. The second kappa shape index (κ2) is 3.62. The van der Waals surface area contributed by atoms with Crippen LogP contribution in [-0.4, -0.2) is 11.0 Å². The van der Waals surface area contributed by atoms with E-state index in [4.69, 9.17) is 0 Å². The second-order valence-corrected chi connectivity index (χ2v) is 6.62. The van der Waals surface area contributed by atoms with Crippen LogP contribution in [0.3, 0.4) is 0 Å². The maximum atomic E-state index is 12.0. The summed E-state index contributed by atoms with van der Waals surface area (Å²) in [5.74, 6) is 0.812. The maximum Gasteiger partial charge on any atom is 0.257 e. The average molecular weight is 256 g/mol. The Balaban J connectivity index is 1.98. The van der Waals surface area contributed by atoms with Gasteiger partial charge in [-0.3, -0.25) is 4.79 Å². The van der Waals surface area contributed by atoms with Crippen molar-refractivity contribution < 1.29 is 0 Å². The molecule has 0 atom stereocenters. The summed E-state index contributed by atoms with van der Waals surface area (Å²) in [5.41, 5.74) is 0.460. The van der Waals surface area contributed by atoms with Crippen molar-refractivity contribution in [2.75, 3.05) is 5.32 Å². The molecule has 1 heterocycles. The topological polar surface area (TPSA) is 44.9 Å². The minimum Gasteiger partial charge on any atom is -0.368 e. The first-order valence-corrected chi connectivity index (χ1v) is 6.72. The van der Waals surface area contributed by atoms with Gasteiger partial charge in [0.15, 0.2) is 0 Å². The molecule has 3 heteroatoms. The van der Waals surface area contributed by atoms with E-state index in [1.54, 1.807) is 0 Å². The number of anilines is 1. The van der Waals surface area contributed by atoms with E-state index in [2.05, 4.69) is 38.0 Å². The molecule has 100 valence electrons. The summed E-state index contributed by atoms with van der Waals surface area (Å²) in [4.78, 5) is 15.0. The predicted octanol–water partition coefficient (Wildman–Crippen LogP) is 3.37. The summed E-state index contributed by atoms with van der Waals surface area (Å²) in [7, 11) is 0. The molecular formula is C16H20N2O. The molecule has 0 amide bonds. The van der Waals surface area contributed by atoms with E-state index in [1.165, 1.54) is 0 Å². The number of hydrogen-bond acceptors (Lipinski definition) is 2. The monoisotopic (exact) mass is 256 g/mol. The maximum absolute atomic E-state index is 12.0. The van der Waals surface area contributed by atoms with Crippen LogP contribution in [0.5, 0.6) is 0 Å². The molecule has 0 unspecified atom stereocenters. The summed E-state index contributed by atoms with van der Waals surface area (Å²) >= 11 is 0. The third-order valence-electron chi connectivity index (χ3n) is 5.07. The zero-order chi connectivity index (χ0) is 13.8. The third-order valence-corrected chi connectivity index (χ3v) is 5.07. The molecule has 0 spiro atoms. The number of pyridine rings is 1. The van der Waals surface area contributed by atoms with Gasteiger partial charge < -0.3 is 10.3 Å². The van der Waals surface area contributed by atoms with Crippen molar-refractivity contribution in [3.63, 3.8) is 0 Å². The van der Waals surface area contributed by atoms with E-state index >= 15 is 0 Å². The molecule has 1 aliphatic carbocycles. The van der Waals surface area contributed by atoms with Crippen LogP contribution < -0.4 is 10.9 Å². The Morgan fingerprint density at radius 1 is 1.11 bits per heavy atom. The van der Waals surface area contributed by atoms with Crippen LogP contribution >= 0.6 is 0 Å². The number of rotatable bonds is 2. The molecular weight excluding hydrogens is 236 g/mol. The van der Waals surface area contributed by atoms with Gasteiger partial charge in [-0.1, -0.05) is 45.9 Å². The summed E-state index contributed by atoms with van der Waals surface area (Å²) in [6, 6.07) is 10.1. The zero-order valence-electron chi connectivity index (χ0n) is 11.9. The highest BCUT2D eigenvalue weighted by Crippen LogP contribution is 2.63. The Bertz CT molecular complexity index is 683. The van der Waals surface area contributed by atoms with Crippen molar-refractivity contribution in [2.45, 2.75) is 33.7 Å². The number of fused-ring (bicyclic) bond motifs is 1. The van der Waals surface area contributed by atoms with Crippen LogP contribution in [0.4, 0.5) is 5.82 Å². The van der Waals surface area contributed by atoms with Gasteiger partial charge in [0.25, 0.3) is 5.56 Å². The molecule has 1 aliphatic rings. The quantitative estimate of drug-likeness (QED) is 0.865. The fourth-order valence-electron chi connectivity index (χ4n) is 3.00. The van der Waals surface area contributed by atoms with Crippen LogP contribution in [0.25, 0.3) is 10.8 Å². The van der Waals surface area contributed by atoms with Gasteiger partial charge in [-0.05, 0) is 28.3 Å². The summed E-state index contributed by atoms with van der Waals surface area (Å²) < 4.78 is 0. The molecule has 19 heavy (non-hydrogen) atoms. The fraction of sp³-hybridized carbons (Fsp3) is 0.438. The van der Waals surface area contributed by atoms with E-state index in [1.807, 2.05) is 30.3 Å². The largest absolute Gasteiger partial charge is 0.368 e. The van der Waals surface area contributed by atoms with Crippen molar-refractivity contribution in [3.05, 3.63) is 40.7 Å². The summed E-state index contributed by atoms with van der Waals surface area (Å²) in [6.45, 7) is 9.02. The van der Waals surface area contributed by atoms with Crippen molar-refractivity contribution >= 4 is 16.6 Å². The normalized spacial score (nSPS) is 20.4. The Morgan fingerprint density at radius 3 is 2.37 bits per heavy atom. The first-order valence-electron chi connectivity index (χ1n) is 6.72. The number of aromatic nitrogens is 1. The van der Waals surface area contributed by atoms with Gasteiger partial charge in [0, 0.05) is 11.4 Å². The Morgan fingerprint density at radius 2 is 1.74 bits per heavy atom. The minimum absolute atomic E-state index is 0.0307. The van der Waals surface area contributed by atoms with Crippen molar-refractivity contribution in [1.82, 2.24) is 4.98 Å². The lowest BCUT2D eigenvalue weighted by Crippen LogP contribution is -2.15. The van der Waals surface area contributed by atoms with Gasteiger partial charge >= 0.3 is 0 Å². The summed E-state index contributed by atoms with van der Waals surface area (Å²) in [5, 5.41) is 5.19. The Kier molecular flexibility index (Phi) is 2.34. The minimum atomic E-state index is -0.0307. The number of H-pyrrole nitrogens is 1. The number of benzene rings is 1. The highest BCUT2D eigenvalue weighted by Gasteiger charge is 2.65. The Labute approximate surface area is 113 Å². The first kappa shape index (κ1) is 12.3. The molecule has 3 nitrogen and oxygen atoms in total. The lowest BCUT2D eigenvalue weighted by atomic mass is 10.0. The molecule has 0 aliphatic heterocycles. The van der Waals surface area contributed by atoms with E-state index in [9.17, 15) is 4.79 Å². The van der Waals surface area contributed by atoms with E-state index in [-0.39, 0.29) is 16.4 Å². The third kappa shape index (κ3) is 1.68. The molecule has 2 aromatic rings. The lowest BCUT2D eigenvalue weighted by Gasteiger charge is -2.09. The Hall–Kier alpha value is -1.77. The number of hydrogen-bond donors (Lipinski definition) is 2. The van der Waals surface area contributed by atoms with Gasteiger partial charge in [0.05, 0.1) is 0 Å². The SMILES string of the molecule is CC1(C)C(Nc2cc3ccccc3c(=O)[nH]2)C1(C)C. The van der Waals surface area contributed by atoms with Crippen LogP contribution in [0.15, 0.2) is 35.1 Å². The van der Waals surface area contributed by atoms with Crippen molar-refractivity contribution in [1.29, 1.82) is 0 Å². The second-order valence-electron chi connectivity index (χ2n) is 6.62. The molecule has 0 radical (unpaired) electrons. The number of nitrogens with one attached hydrogen (secondary N) is 2. The smallest absolute Gasteiger partial charge is 0.257 e. The van der Waals surface area contributed by atoms with Crippen LogP contribution in [0.2, 0.25) is 0 Å².